The lowest BCUT2D eigenvalue weighted by Crippen LogP contribution is -2.49. The first-order valence-corrected chi connectivity index (χ1v) is 7.03. The van der Waals surface area contributed by atoms with Crippen LogP contribution in [-0.4, -0.2) is 37.1 Å². The lowest BCUT2D eigenvalue weighted by molar-refractivity contribution is 0.209. The Balaban J connectivity index is 2.15. The number of anilines is 1. The van der Waals surface area contributed by atoms with Gasteiger partial charge in [-0.2, -0.15) is 0 Å². The molecule has 2 rings (SSSR count). The minimum Gasteiger partial charge on any atom is -0.369 e. The molecule has 0 aromatic heterocycles. The first kappa shape index (κ1) is 14.3. The lowest BCUT2D eigenvalue weighted by atomic mass is 10.0. The Kier molecular flexibility index (Phi) is 4.42. The Hall–Kier alpha value is -1.13. The molecule has 1 saturated heterocycles. The van der Waals surface area contributed by atoms with E-state index in [2.05, 4.69) is 23.6 Å². The summed E-state index contributed by atoms with van der Waals surface area (Å²) < 4.78 is 13.4. The van der Waals surface area contributed by atoms with Gasteiger partial charge in [0.2, 0.25) is 0 Å². The number of nitrogens with zero attached hydrogens (tertiary/aromatic N) is 2. The van der Waals surface area contributed by atoms with E-state index in [1.165, 1.54) is 6.07 Å². The standard InChI is InChI=1S/C15H24FN3/c1-11(2)18-6-8-19(9-7-18)15-5-4-13(16)10-14(15)12(3)17/h4-5,10-12H,6-9,17H2,1-3H3. The van der Waals surface area contributed by atoms with Gasteiger partial charge in [-0.3, -0.25) is 4.90 Å². The summed E-state index contributed by atoms with van der Waals surface area (Å²) >= 11 is 0. The highest BCUT2D eigenvalue weighted by Gasteiger charge is 2.21. The third-order valence-electron chi connectivity index (χ3n) is 3.87. The Labute approximate surface area is 115 Å². The highest BCUT2D eigenvalue weighted by molar-refractivity contribution is 5.55. The van der Waals surface area contributed by atoms with E-state index in [0.29, 0.717) is 6.04 Å². The number of nitrogens with two attached hydrogens (primary N) is 1. The van der Waals surface area contributed by atoms with Crippen LogP contribution < -0.4 is 10.6 Å². The summed E-state index contributed by atoms with van der Waals surface area (Å²) in [6, 6.07) is 5.39. The maximum Gasteiger partial charge on any atom is 0.123 e. The zero-order chi connectivity index (χ0) is 14.0. The summed E-state index contributed by atoms with van der Waals surface area (Å²) in [6.45, 7) is 10.4. The molecule has 1 unspecified atom stereocenters. The van der Waals surface area contributed by atoms with Crippen LogP contribution in [0.4, 0.5) is 10.1 Å². The van der Waals surface area contributed by atoms with Crippen molar-refractivity contribution in [2.24, 2.45) is 5.73 Å². The van der Waals surface area contributed by atoms with Crippen molar-refractivity contribution in [2.45, 2.75) is 32.9 Å². The normalized spacial score (nSPS) is 18.9. The summed E-state index contributed by atoms with van der Waals surface area (Å²) in [7, 11) is 0. The molecule has 1 atom stereocenters. The molecule has 1 aromatic carbocycles. The maximum absolute atomic E-state index is 13.4. The smallest absolute Gasteiger partial charge is 0.123 e. The van der Waals surface area contributed by atoms with Gasteiger partial charge in [0.25, 0.3) is 0 Å². The van der Waals surface area contributed by atoms with Crippen LogP contribution in [0.1, 0.15) is 32.4 Å². The second-order valence-corrected chi connectivity index (χ2v) is 5.61. The fraction of sp³-hybridized carbons (Fsp3) is 0.600. The van der Waals surface area contributed by atoms with Gasteiger partial charge in [0, 0.05) is 44.0 Å². The molecule has 0 aliphatic carbocycles. The van der Waals surface area contributed by atoms with Gasteiger partial charge in [-0.1, -0.05) is 0 Å². The second kappa shape index (κ2) is 5.88. The Morgan fingerprint density at radius 3 is 2.26 bits per heavy atom. The van der Waals surface area contributed by atoms with Gasteiger partial charge in [0.1, 0.15) is 5.82 Å². The molecule has 4 heteroatoms. The Bertz CT molecular complexity index is 423. The summed E-state index contributed by atoms with van der Waals surface area (Å²) in [6.07, 6.45) is 0. The van der Waals surface area contributed by atoms with Crippen LogP contribution in [0.2, 0.25) is 0 Å². The Morgan fingerprint density at radius 2 is 1.74 bits per heavy atom. The largest absolute Gasteiger partial charge is 0.369 e. The molecule has 0 bridgehead atoms. The van der Waals surface area contributed by atoms with Crippen molar-refractivity contribution in [1.29, 1.82) is 0 Å². The quantitative estimate of drug-likeness (QED) is 0.910. The van der Waals surface area contributed by atoms with Crippen molar-refractivity contribution in [1.82, 2.24) is 4.90 Å². The number of halogens is 1. The highest BCUT2D eigenvalue weighted by Crippen LogP contribution is 2.27. The average Bonchev–Trinajstić information content (AvgIpc) is 2.38. The lowest BCUT2D eigenvalue weighted by Gasteiger charge is -2.39. The summed E-state index contributed by atoms with van der Waals surface area (Å²) in [5.41, 5.74) is 7.95. The van der Waals surface area contributed by atoms with Crippen LogP contribution in [0.3, 0.4) is 0 Å². The number of hydrogen-bond donors (Lipinski definition) is 1. The van der Waals surface area contributed by atoms with Crippen LogP contribution in [-0.2, 0) is 0 Å². The molecule has 0 saturated carbocycles. The van der Waals surface area contributed by atoms with E-state index in [4.69, 9.17) is 5.73 Å². The van der Waals surface area contributed by atoms with Gasteiger partial charge < -0.3 is 10.6 Å². The molecule has 1 aliphatic heterocycles. The van der Waals surface area contributed by atoms with E-state index in [9.17, 15) is 4.39 Å². The predicted octanol–water partition coefficient (Wildman–Crippen LogP) is 2.38. The third-order valence-corrected chi connectivity index (χ3v) is 3.87. The first-order valence-electron chi connectivity index (χ1n) is 7.03. The maximum atomic E-state index is 13.4. The molecule has 1 heterocycles. The first-order chi connectivity index (χ1) is 8.99. The molecule has 1 aliphatic rings. The van der Waals surface area contributed by atoms with Gasteiger partial charge in [-0.15, -0.1) is 0 Å². The molecule has 106 valence electrons. The van der Waals surface area contributed by atoms with Crippen molar-refractivity contribution in [2.75, 3.05) is 31.1 Å². The minimum atomic E-state index is -0.211. The molecule has 1 fully saturated rings. The highest BCUT2D eigenvalue weighted by atomic mass is 19.1. The summed E-state index contributed by atoms with van der Waals surface area (Å²) in [5, 5.41) is 0. The fourth-order valence-corrected chi connectivity index (χ4v) is 2.66. The van der Waals surface area contributed by atoms with Gasteiger partial charge in [0.05, 0.1) is 0 Å². The number of piperazine rings is 1. The predicted molar refractivity (Wildman–Crippen MR) is 77.9 cm³/mol. The van der Waals surface area contributed by atoms with Crippen molar-refractivity contribution in [3.8, 4) is 0 Å². The molecule has 0 spiro atoms. The van der Waals surface area contributed by atoms with Crippen molar-refractivity contribution in [3.63, 3.8) is 0 Å². The number of hydrogen-bond acceptors (Lipinski definition) is 3. The summed E-state index contributed by atoms with van der Waals surface area (Å²) in [4.78, 5) is 4.78. The van der Waals surface area contributed by atoms with Crippen LogP contribution in [0.5, 0.6) is 0 Å². The van der Waals surface area contributed by atoms with Gasteiger partial charge >= 0.3 is 0 Å². The third kappa shape index (κ3) is 3.25. The molecular weight excluding hydrogens is 241 g/mol. The van der Waals surface area contributed by atoms with E-state index >= 15 is 0 Å². The minimum absolute atomic E-state index is 0.145. The molecular formula is C15H24FN3. The molecule has 3 nitrogen and oxygen atoms in total. The van der Waals surface area contributed by atoms with Crippen molar-refractivity contribution >= 4 is 5.69 Å². The SMILES string of the molecule is CC(N)c1cc(F)ccc1N1CCN(C(C)C)CC1. The average molecular weight is 265 g/mol. The van der Waals surface area contributed by atoms with E-state index in [-0.39, 0.29) is 11.9 Å². The topological polar surface area (TPSA) is 32.5 Å². The van der Waals surface area contributed by atoms with Crippen LogP contribution >= 0.6 is 0 Å². The molecule has 1 aromatic rings. The van der Waals surface area contributed by atoms with Crippen LogP contribution in [0.25, 0.3) is 0 Å². The Morgan fingerprint density at radius 1 is 1.11 bits per heavy atom. The van der Waals surface area contributed by atoms with E-state index in [1.807, 2.05) is 13.0 Å². The van der Waals surface area contributed by atoms with Crippen LogP contribution in [0, 0.1) is 5.82 Å². The van der Waals surface area contributed by atoms with Gasteiger partial charge in [-0.25, -0.2) is 4.39 Å². The van der Waals surface area contributed by atoms with Gasteiger partial charge in [-0.05, 0) is 44.5 Å². The van der Waals surface area contributed by atoms with Gasteiger partial charge in [0.15, 0.2) is 0 Å². The second-order valence-electron chi connectivity index (χ2n) is 5.61. The van der Waals surface area contributed by atoms with Crippen molar-refractivity contribution < 1.29 is 4.39 Å². The molecule has 2 N–H and O–H groups in total. The van der Waals surface area contributed by atoms with E-state index in [1.54, 1.807) is 6.07 Å². The molecule has 0 radical (unpaired) electrons. The number of rotatable bonds is 3. The molecule has 0 amide bonds. The molecule has 19 heavy (non-hydrogen) atoms. The van der Waals surface area contributed by atoms with Crippen molar-refractivity contribution in [3.05, 3.63) is 29.6 Å². The summed E-state index contributed by atoms with van der Waals surface area (Å²) in [5.74, 6) is -0.211. The fourth-order valence-electron chi connectivity index (χ4n) is 2.66. The van der Waals surface area contributed by atoms with E-state index in [0.717, 1.165) is 37.4 Å². The monoisotopic (exact) mass is 265 g/mol. The van der Waals surface area contributed by atoms with E-state index < -0.39 is 0 Å². The zero-order valence-electron chi connectivity index (χ0n) is 12.1. The number of benzene rings is 1. The zero-order valence-corrected chi connectivity index (χ0v) is 12.1. The van der Waals surface area contributed by atoms with Crippen LogP contribution in [0.15, 0.2) is 18.2 Å².